The molecule has 0 bridgehead atoms. The number of hydrogen-bond acceptors (Lipinski definition) is 6. The summed E-state index contributed by atoms with van der Waals surface area (Å²) in [6, 6.07) is 17.0. The highest BCUT2D eigenvalue weighted by molar-refractivity contribution is 6.07. The maximum absolute atomic E-state index is 14.0. The zero-order valence-corrected chi connectivity index (χ0v) is 23.7. The number of allylic oxidation sites excluding steroid dienone is 2. The van der Waals surface area contributed by atoms with E-state index >= 15 is 0 Å². The lowest BCUT2D eigenvalue weighted by molar-refractivity contribution is -0.117. The molecule has 3 heterocycles. The largest absolute Gasteiger partial charge is 0.481 e. The van der Waals surface area contributed by atoms with Gasteiger partial charge in [-0.3, -0.25) is 9.59 Å². The van der Waals surface area contributed by atoms with E-state index in [0.717, 1.165) is 28.0 Å². The van der Waals surface area contributed by atoms with Crippen molar-refractivity contribution in [3.8, 4) is 17.1 Å². The van der Waals surface area contributed by atoms with Crippen LogP contribution in [0.15, 0.2) is 78.0 Å². The summed E-state index contributed by atoms with van der Waals surface area (Å²) in [6.07, 6.45) is 4.23. The lowest BCUT2D eigenvalue weighted by atomic mass is 9.88. The monoisotopic (exact) mass is 540 g/mol. The predicted octanol–water partition coefficient (Wildman–Crippen LogP) is 5.32. The van der Waals surface area contributed by atoms with E-state index in [1.165, 1.54) is 0 Å². The van der Waals surface area contributed by atoms with Gasteiger partial charge in [0.25, 0.3) is 5.91 Å². The lowest BCUT2D eigenvalue weighted by Crippen LogP contribution is -2.32. The van der Waals surface area contributed by atoms with Gasteiger partial charge >= 0.3 is 0 Å². The first kappa shape index (κ1) is 28.7. The number of para-hydroxylation sites is 1. The number of pyridine rings is 2. The Morgan fingerprint density at radius 2 is 1.88 bits per heavy atom. The summed E-state index contributed by atoms with van der Waals surface area (Å²) >= 11 is 0. The molecule has 0 atom stereocenters. The molecule has 8 heteroatoms. The number of nitrogens with zero attached hydrogens (tertiary/aromatic N) is 3. The average molecular weight is 541 g/mol. The Bertz CT molecular complexity index is 1430. The molecule has 4 rings (SSSR count). The number of nitrogens with one attached hydrogen (secondary N) is 1. The minimum absolute atomic E-state index is 0.132. The maximum atomic E-state index is 14.0. The van der Waals surface area contributed by atoms with Gasteiger partial charge in [-0.05, 0) is 54.7 Å². The van der Waals surface area contributed by atoms with Crippen molar-refractivity contribution in [2.75, 3.05) is 38.8 Å². The number of rotatable bonds is 9. The van der Waals surface area contributed by atoms with Gasteiger partial charge in [0.2, 0.25) is 11.8 Å². The van der Waals surface area contributed by atoms with Crippen LogP contribution in [0, 0.1) is 5.92 Å². The van der Waals surface area contributed by atoms with Crippen LogP contribution in [-0.2, 0) is 9.53 Å². The van der Waals surface area contributed by atoms with Crippen LogP contribution < -0.4 is 15.0 Å². The van der Waals surface area contributed by atoms with Crippen molar-refractivity contribution in [1.29, 1.82) is 0 Å². The van der Waals surface area contributed by atoms with E-state index in [0.29, 0.717) is 49.0 Å². The number of carbonyl (C=O) groups is 2. The van der Waals surface area contributed by atoms with Gasteiger partial charge in [-0.25, -0.2) is 9.97 Å². The minimum Gasteiger partial charge on any atom is -0.481 e. The molecule has 1 aliphatic heterocycles. The van der Waals surface area contributed by atoms with Crippen LogP contribution in [0.25, 0.3) is 16.8 Å². The van der Waals surface area contributed by atoms with Gasteiger partial charge in [-0.2, -0.15) is 0 Å². The molecule has 40 heavy (non-hydrogen) atoms. The number of benzene rings is 1. The minimum atomic E-state index is -0.182. The first-order valence-electron chi connectivity index (χ1n) is 13.4. The molecule has 3 aromatic rings. The average Bonchev–Trinajstić information content (AvgIpc) is 3.13. The second-order valence-electron chi connectivity index (χ2n) is 9.89. The van der Waals surface area contributed by atoms with Gasteiger partial charge in [-0.15, -0.1) is 0 Å². The molecule has 2 aromatic heterocycles. The standard InChI is InChI=1S/C32H36N4O4/c1-21(2)30-23(19-22(3)31(37)33-16-18-39-4)15-17-36(28-12-7-6-9-25(28)30)32(38)27-11-8-10-26(35-27)24-13-14-29(40-5)34-20-24/h6-14,19-21H,15-18H2,1-5H3,(H,33,37)/b22-19+. The number of methoxy groups -OCH3 is 2. The van der Waals surface area contributed by atoms with Crippen LogP contribution in [-0.4, -0.2) is 55.7 Å². The number of fused-ring (bicyclic) bond motifs is 1. The van der Waals surface area contributed by atoms with Crippen LogP contribution >= 0.6 is 0 Å². The number of anilines is 1. The molecule has 0 saturated carbocycles. The Labute approximate surface area is 235 Å². The van der Waals surface area contributed by atoms with Crippen LogP contribution in [0.4, 0.5) is 5.69 Å². The Morgan fingerprint density at radius 1 is 1.07 bits per heavy atom. The highest BCUT2D eigenvalue weighted by atomic mass is 16.5. The van der Waals surface area contributed by atoms with Crippen LogP contribution in [0.1, 0.15) is 43.2 Å². The molecule has 1 aliphatic rings. The number of aromatic nitrogens is 2. The quantitative estimate of drug-likeness (QED) is 0.292. The zero-order chi connectivity index (χ0) is 28.6. The normalized spacial score (nSPS) is 13.7. The third kappa shape index (κ3) is 6.46. The molecule has 1 N–H and O–H groups in total. The summed E-state index contributed by atoms with van der Waals surface area (Å²) in [5.74, 6) is 0.374. The Balaban J connectivity index is 1.68. The molecule has 0 spiro atoms. The highest BCUT2D eigenvalue weighted by Gasteiger charge is 2.28. The molecule has 1 aromatic carbocycles. The summed E-state index contributed by atoms with van der Waals surface area (Å²) in [5, 5.41) is 2.89. The summed E-state index contributed by atoms with van der Waals surface area (Å²) in [6.45, 7) is 7.44. The van der Waals surface area contributed by atoms with Crippen LogP contribution in [0.2, 0.25) is 0 Å². The molecule has 0 aliphatic carbocycles. The number of carbonyl (C=O) groups excluding carboxylic acids is 2. The summed E-state index contributed by atoms with van der Waals surface area (Å²) in [4.78, 5) is 37.4. The van der Waals surface area contributed by atoms with Crippen molar-refractivity contribution < 1.29 is 19.1 Å². The Morgan fingerprint density at radius 3 is 2.58 bits per heavy atom. The first-order chi connectivity index (χ1) is 19.3. The Kier molecular flexibility index (Phi) is 9.45. The number of hydrogen-bond donors (Lipinski definition) is 1. The van der Waals surface area contributed by atoms with Crippen molar-refractivity contribution in [2.45, 2.75) is 27.2 Å². The Hall–Kier alpha value is -4.30. The fourth-order valence-corrected chi connectivity index (χ4v) is 4.88. The molecule has 0 saturated heterocycles. The highest BCUT2D eigenvalue weighted by Crippen LogP contribution is 2.39. The van der Waals surface area contributed by atoms with E-state index in [2.05, 4.69) is 24.1 Å². The number of ether oxygens (including phenoxy) is 2. The van der Waals surface area contributed by atoms with E-state index in [1.54, 1.807) is 37.4 Å². The molecular formula is C32H36N4O4. The SMILES string of the molecule is COCCNC(=O)/C(C)=C/C1=C(C(C)C)c2ccccc2N(C(=O)c2cccc(-c3ccc(OC)nc3)n2)CC1. The maximum Gasteiger partial charge on any atom is 0.276 e. The van der Waals surface area contributed by atoms with Crippen molar-refractivity contribution in [1.82, 2.24) is 15.3 Å². The smallest absolute Gasteiger partial charge is 0.276 e. The molecule has 208 valence electrons. The van der Waals surface area contributed by atoms with Crippen LogP contribution in [0.5, 0.6) is 5.88 Å². The first-order valence-corrected chi connectivity index (χ1v) is 13.4. The molecule has 0 fully saturated rings. The fraction of sp³-hybridized carbons (Fsp3) is 0.312. The van der Waals surface area contributed by atoms with Gasteiger partial charge in [0.1, 0.15) is 5.69 Å². The van der Waals surface area contributed by atoms with Gasteiger partial charge < -0.3 is 19.7 Å². The molecule has 8 nitrogen and oxygen atoms in total. The van der Waals surface area contributed by atoms with Gasteiger partial charge in [0.05, 0.1) is 25.1 Å². The molecular weight excluding hydrogens is 504 g/mol. The van der Waals surface area contributed by atoms with E-state index < -0.39 is 0 Å². The van der Waals surface area contributed by atoms with Gasteiger partial charge in [0.15, 0.2) is 0 Å². The summed E-state index contributed by atoms with van der Waals surface area (Å²) < 4.78 is 10.2. The van der Waals surface area contributed by atoms with Gasteiger partial charge in [0, 0.05) is 49.2 Å². The predicted molar refractivity (Wildman–Crippen MR) is 157 cm³/mol. The van der Waals surface area contributed by atoms with Crippen molar-refractivity contribution in [2.24, 2.45) is 5.92 Å². The molecule has 0 unspecified atom stereocenters. The third-order valence-corrected chi connectivity index (χ3v) is 6.81. The van der Waals surface area contributed by atoms with E-state index in [4.69, 9.17) is 14.5 Å². The second-order valence-corrected chi connectivity index (χ2v) is 9.89. The fourth-order valence-electron chi connectivity index (χ4n) is 4.88. The van der Waals surface area contributed by atoms with Crippen molar-refractivity contribution in [3.05, 3.63) is 89.3 Å². The topological polar surface area (TPSA) is 93.7 Å². The van der Waals surface area contributed by atoms with Crippen molar-refractivity contribution in [3.63, 3.8) is 0 Å². The van der Waals surface area contributed by atoms with Crippen molar-refractivity contribution >= 4 is 23.1 Å². The molecule has 0 radical (unpaired) electrons. The van der Waals surface area contributed by atoms with E-state index in [1.807, 2.05) is 55.5 Å². The lowest BCUT2D eigenvalue weighted by Gasteiger charge is -2.24. The van der Waals surface area contributed by atoms with Crippen LogP contribution in [0.3, 0.4) is 0 Å². The van der Waals surface area contributed by atoms with E-state index in [9.17, 15) is 9.59 Å². The second kappa shape index (κ2) is 13.2. The van der Waals surface area contributed by atoms with Gasteiger partial charge in [-0.1, -0.05) is 44.2 Å². The summed E-state index contributed by atoms with van der Waals surface area (Å²) in [7, 11) is 3.17. The third-order valence-electron chi connectivity index (χ3n) is 6.81. The molecule has 2 amide bonds. The number of amides is 2. The zero-order valence-electron chi connectivity index (χ0n) is 23.7. The van der Waals surface area contributed by atoms with E-state index in [-0.39, 0.29) is 17.7 Å². The summed E-state index contributed by atoms with van der Waals surface area (Å²) in [5.41, 5.74) is 6.40.